The fourth-order valence-corrected chi connectivity index (χ4v) is 2.06. The molecule has 1 fully saturated rings. The van der Waals surface area contributed by atoms with Crippen LogP contribution in [-0.4, -0.2) is 11.4 Å². The zero-order valence-electron chi connectivity index (χ0n) is 9.64. The van der Waals surface area contributed by atoms with Gasteiger partial charge in [0.2, 0.25) is 0 Å². The molecule has 1 aliphatic rings. The molecular formula is C13H16FNO. The van der Waals surface area contributed by atoms with E-state index in [4.69, 9.17) is 0 Å². The normalized spacial score (nSPS) is 17.7. The van der Waals surface area contributed by atoms with Crippen LogP contribution in [0.2, 0.25) is 0 Å². The van der Waals surface area contributed by atoms with Gasteiger partial charge in [0.15, 0.2) is 0 Å². The Morgan fingerprint density at radius 3 is 2.62 bits per heavy atom. The lowest BCUT2D eigenvalue weighted by Crippen LogP contribution is -2.51. The summed E-state index contributed by atoms with van der Waals surface area (Å²) in [7, 11) is 0. The van der Waals surface area contributed by atoms with Gasteiger partial charge < -0.3 is 5.32 Å². The number of carbonyl (C=O) groups is 1. The van der Waals surface area contributed by atoms with E-state index in [0.29, 0.717) is 11.1 Å². The van der Waals surface area contributed by atoms with Crippen molar-refractivity contribution in [3.8, 4) is 0 Å². The van der Waals surface area contributed by atoms with Crippen LogP contribution in [0.4, 0.5) is 4.39 Å². The number of nitrogens with one attached hydrogen (secondary N) is 1. The van der Waals surface area contributed by atoms with Crippen molar-refractivity contribution < 1.29 is 9.18 Å². The Morgan fingerprint density at radius 2 is 2.12 bits per heavy atom. The number of hydrogen-bond acceptors (Lipinski definition) is 1. The Morgan fingerprint density at radius 1 is 1.44 bits per heavy atom. The fraction of sp³-hybridized carbons (Fsp3) is 0.462. The number of benzene rings is 1. The van der Waals surface area contributed by atoms with Crippen LogP contribution in [0.3, 0.4) is 0 Å². The smallest absolute Gasteiger partial charge is 0.251 e. The Hall–Kier alpha value is -1.38. The summed E-state index contributed by atoms with van der Waals surface area (Å²) in [6, 6.07) is 4.26. The molecule has 0 radical (unpaired) electrons. The van der Waals surface area contributed by atoms with Crippen LogP contribution in [0.25, 0.3) is 0 Å². The van der Waals surface area contributed by atoms with Gasteiger partial charge in [-0.15, -0.1) is 0 Å². The lowest BCUT2D eigenvalue weighted by Gasteiger charge is -2.39. The summed E-state index contributed by atoms with van der Waals surface area (Å²) in [4.78, 5) is 12.0. The molecule has 0 aliphatic heterocycles. The summed E-state index contributed by atoms with van der Waals surface area (Å²) in [5, 5.41) is 3.01. The van der Waals surface area contributed by atoms with Crippen LogP contribution >= 0.6 is 0 Å². The van der Waals surface area contributed by atoms with Crippen LogP contribution in [0.15, 0.2) is 18.2 Å². The van der Waals surface area contributed by atoms with Crippen molar-refractivity contribution in [1.82, 2.24) is 5.32 Å². The van der Waals surface area contributed by atoms with Crippen LogP contribution in [0, 0.1) is 12.7 Å². The molecular weight excluding hydrogens is 205 g/mol. The molecule has 0 heterocycles. The SMILES string of the molecule is Cc1cc(F)ccc1C(=O)NC1(C)CCC1. The van der Waals surface area contributed by atoms with E-state index in [0.717, 1.165) is 12.8 Å². The van der Waals surface area contributed by atoms with E-state index in [1.807, 2.05) is 6.92 Å². The number of halogens is 1. The standard InChI is InChI=1S/C13H16FNO/c1-9-8-10(14)4-5-11(9)12(16)15-13(2)6-3-7-13/h4-5,8H,3,6-7H2,1-2H3,(H,15,16). The van der Waals surface area contributed by atoms with Crippen LogP contribution in [0.1, 0.15) is 42.1 Å². The maximum atomic E-state index is 12.9. The van der Waals surface area contributed by atoms with E-state index < -0.39 is 0 Å². The predicted molar refractivity (Wildman–Crippen MR) is 60.9 cm³/mol. The molecule has 0 atom stereocenters. The van der Waals surface area contributed by atoms with Crippen molar-refractivity contribution in [2.24, 2.45) is 0 Å². The second kappa shape index (κ2) is 3.89. The molecule has 1 N–H and O–H groups in total. The summed E-state index contributed by atoms with van der Waals surface area (Å²) in [5.74, 6) is -0.399. The second-order valence-electron chi connectivity index (χ2n) is 4.83. The van der Waals surface area contributed by atoms with Crippen LogP contribution < -0.4 is 5.32 Å². The van der Waals surface area contributed by atoms with E-state index in [2.05, 4.69) is 5.32 Å². The number of carbonyl (C=O) groups excluding carboxylic acids is 1. The first-order valence-electron chi connectivity index (χ1n) is 5.59. The van der Waals surface area contributed by atoms with Crippen molar-refractivity contribution in [2.45, 2.75) is 38.6 Å². The third-order valence-electron chi connectivity index (χ3n) is 3.31. The molecule has 0 saturated heterocycles. The monoisotopic (exact) mass is 221 g/mol. The Kier molecular flexibility index (Phi) is 2.70. The number of amides is 1. The van der Waals surface area contributed by atoms with Gasteiger partial charge in [-0.1, -0.05) is 0 Å². The van der Waals surface area contributed by atoms with Gasteiger partial charge in [-0.05, 0) is 56.9 Å². The van der Waals surface area contributed by atoms with Crippen molar-refractivity contribution >= 4 is 5.91 Å². The molecule has 2 nitrogen and oxygen atoms in total. The van der Waals surface area contributed by atoms with Crippen LogP contribution in [-0.2, 0) is 0 Å². The first kappa shape index (κ1) is 11.1. The van der Waals surface area contributed by atoms with Gasteiger partial charge in [0.05, 0.1) is 0 Å². The minimum atomic E-state index is -0.302. The van der Waals surface area contributed by atoms with E-state index in [9.17, 15) is 9.18 Å². The zero-order valence-corrected chi connectivity index (χ0v) is 9.64. The van der Waals surface area contributed by atoms with E-state index in [-0.39, 0.29) is 17.3 Å². The first-order valence-corrected chi connectivity index (χ1v) is 5.59. The third-order valence-corrected chi connectivity index (χ3v) is 3.31. The molecule has 1 saturated carbocycles. The molecule has 3 heteroatoms. The second-order valence-corrected chi connectivity index (χ2v) is 4.83. The molecule has 1 aromatic carbocycles. The maximum absolute atomic E-state index is 12.9. The van der Waals surface area contributed by atoms with Gasteiger partial charge in [0.25, 0.3) is 5.91 Å². The van der Waals surface area contributed by atoms with Gasteiger partial charge in [0, 0.05) is 11.1 Å². The highest BCUT2D eigenvalue weighted by Crippen LogP contribution is 2.31. The van der Waals surface area contributed by atoms with Crippen molar-refractivity contribution in [3.05, 3.63) is 35.1 Å². The molecule has 1 aromatic rings. The van der Waals surface area contributed by atoms with Gasteiger partial charge in [-0.2, -0.15) is 0 Å². The predicted octanol–water partition coefficient (Wildman–Crippen LogP) is 2.81. The molecule has 0 spiro atoms. The molecule has 1 aliphatic carbocycles. The van der Waals surface area contributed by atoms with Crippen molar-refractivity contribution in [3.63, 3.8) is 0 Å². The largest absolute Gasteiger partial charge is 0.347 e. The quantitative estimate of drug-likeness (QED) is 0.817. The minimum absolute atomic E-state index is 0.0576. The van der Waals surface area contributed by atoms with E-state index in [1.54, 1.807) is 13.0 Å². The summed E-state index contributed by atoms with van der Waals surface area (Å²) in [6.07, 6.45) is 3.22. The van der Waals surface area contributed by atoms with Gasteiger partial charge in [-0.3, -0.25) is 4.79 Å². The molecule has 0 unspecified atom stereocenters. The molecule has 0 bridgehead atoms. The van der Waals surface area contributed by atoms with E-state index >= 15 is 0 Å². The lowest BCUT2D eigenvalue weighted by atomic mass is 9.78. The molecule has 86 valence electrons. The number of aryl methyl sites for hydroxylation is 1. The van der Waals surface area contributed by atoms with Gasteiger partial charge in [-0.25, -0.2) is 4.39 Å². The number of hydrogen-bond donors (Lipinski definition) is 1. The summed E-state index contributed by atoms with van der Waals surface area (Å²) in [5.41, 5.74) is 1.19. The third kappa shape index (κ3) is 2.08. The molecule has 0 aromatic heterocycles. The highest BCUT2D eigenvalue weighted by Gasteiger charge is 2.33. The average Bonchev–Trinajstić information content (AvgIpc) is 2.14. The lowest BCUT2D eigenvalue weighted by molar-refractivity contribution is 0.0850. The van der Waals surface area contributed by atoms with Crippen molar-refractivity contribution in [1.29, 1.82) is 0 Å². The van der Waals surface area contributed by atoms with Crippen LogP contribution in [0.5, 0.6) is 0 Å². The first-order chi connectivity index (χ1) is 7.50. The molecule has 1 amide bonds. The zero-order chi connectivity index (χ0) is 11.8. The Balaban J connectivity index is 2.14. The summed E-state index contributed by atoms with van der Waals surface area (Å²) in [6.45, 7) is 3.80. The van der Waals surface area contributed by atoms with Crippen molar-refractivity contribution in [2.75, 3.05) is 0 Å². The molecule has 16 heavy (non-hydrogen) atoms. The number of rotatable bonds is 2. The Bertz CT molecular complexity index is 424. The highest BCUT2D eigenvalue weighted by molar-refractivity contribution is 5.96. The van der Waals surface area contributed by atoms with Gasteiger partial charge in [0.1, 0.15) is 5.82 Å². The molecule has 2 rings (SSSR count). The van der Waals surface area contributed by atoms with E-state index in [1.165, 1.54) is 18.6 Å². The summed E-state index contributed by atoms with van der Waals surface area (Å²) < 4.78 is 12.9. The maximum Gasteiger partial charge on any atom is 0.251 e. The highest BCUT2D eigenvalue weighted by atomic mass is 19.1. The average molecular weight is 221 g/mol. The van der Waals surface area contributed by atoms with Gasteiger partial charge >= 0.3 is 0 Å². The summed E-state index contributed by atoms with van der Waals surface area (Å²) >= 11 is 0. The fourth-order valence-electron chi connectivity index (χ4n) is 2.06. The Labute approximate surface area is 94.9 Å². The topological polar surface area (TPSA) is 29.1 Å². The minimum Gasteiger partial charge on any atom is -0.347 e.